The summed E-state index contributed by atoms with van der Waals surface area (Å²) in [7, 11) is 0. The van der Waals surface area contributed by atoms with Crippen LogP contribution in [-0.2, 0) is 9.47 Å². The Morgan fingerprint density at radius 1 is 1.07 bits per heavy atom. The Kier molecular flexibility index (Phi) is 9.06. The summed E-state index contributed by atoms with van der Waals surface area (Å²) in [5.41, 5.74) is 0. The van der Waals surface area contributed by atoms with Crippen molar-refractivity contribution in [2.24, 2.45) is 5.92 Å². The van der Waals surface area contributed by atoms with Crippen LogP contribution in [0.3, 0.4) is 0 Å². The molecule has 0 amide bonds. The molecule has 0 aliphatic carbocycles. The van der Waals surface area contributed by atoms with Crippen molar-refractivity contribution in [3.63, 3.8) is 0 Å². The second-order valence-electron chi connectivity index (χ2n) is 4.41. The Labute approximate surface area is 94.5 Å². The first-order valence-corrected chi connectivity index (χ1v) is 6.00. The zero-order chi connectivity index (χ0) is 11.7. The first-order valence-electron chi connectivity index (χ1n) is 6.00. The quantitative estimate of drug-likeness (QED) is 0.600. The molecule has 15 heavy (non-hydrogen) atoms. The molecular formula is C12H27NO2. The number of hydrogen-bond donors (Lipinski definition) is 1. The third-order valence-electron chi connectivity index (χ3n) is 2.23. The molecule has 0 aliphatic rings. The summed E-state index contributed by atoms with van der Waals surface area (Å²) in [6, 6.07) is 0.516. The first kappa shape index (κ1) is 14.9. The minimum Gasteiger partial charge on any atom is -0.379 e. The lowest BCUT2D eigenvalue weighted by molar-refractivity contribution is -0.0126. The van der Waals surface area contributed by atoms with Crippen LogP contribution in [0.4, 0.5) is 0 Å². The highest BCUT2D eigenvalue weighted by molar-refractivity contribution is 4.67. The van der Waals surface area contributed by atoms with Crippen LogP contribution >= 0.6 is 0 Å². The highest BCUT2D eigenvalue weighted by atomic mass is 16.5. The van der Waals surface area contributed by atoms with Crippen molar-refractivity contribution in [2.75, 3.05) is 26.4 Å². The summed E-state index contributed by atoms with van der Waals surface area (Å²) in [5.74, 6) is 0.540. The molecule has 0 rings (SSSR count). The minimum absolute atomic E-state index is 0.285. The fourth-order valence-corrected chi connectivity index (χ4v) is 1.24. The molecule has 0 saturated heterocycles. The molecule has 0 fully saturated rings. The van der Waals surface area contributed by atoms with Gasteiger partial charge in [0, 0.05) is 19.2 Å². The van der Waals surface area contributed by atoms with E-state index in [2.05, 4.69) is 33.0 Å². The average Bonchev–Trinajstić information content (AvgIpc) is 2.15. The molecule has 1 unspecified atom stereocenters. The maximum Gasteiger partial charge on any atom is 0.0723 e. The molecule has 0 radical (unpaired) electrons. The van der Waals surface area contributed by atoms with E-state index in [-0.39, 0.29) is 6.10 Å². The van der Waals surface area contributed by atoms with Crippen molar-refractivity contribution in [1.29, 1.82) is 0 Å². The van der Waals surface area contributed by atoms with E-state index >= 15 is 0 Å². The van der Waals surface area contributed by atoms with Crippen LogP contribution in [0.2, 0.25) is 0 Å². The molecular weight excluding hydrogens is 190 g/mol. The van der Waals surface area contributed by atoms with E-state index in [0.29, 0.717) is 25.2 Å². The third-order valence-corrected chi connectivity index (χ3v) is 2.23. The Bertz CT molecular complexity index is 138. The number of ether oxygens (including phenoxy) is 2. The topological polar surface area (TPSA) is 30.5 Å². The van der Waals surface area contributed by atoms with Crippen LogP contribution in [0.1, 0.15) is 34.6 Å². The van der Waals surface area contributed by atoms with Gasteiger partial charge in [-0.25, -0.2) is 0 Å². The van der Waals surface area contributed by atoms with Crippen molar-refractivity contribution in [2.45, 2.75) is 46.8 Å². The molecule has 92 valence electrons. The van der Waals surface area contributed by atoms with Gasteiger partial charge in [0.05, 0.1) is 19.3 Å². The maximum atomic E-state index is 5.77. The molecule has 0 bridgehead atoms. The third kappa shape index (κ3) is 8.85. The van der Waals surface area contributed by atoms with E-state index in [1.54, 1.807) is 0 Å². The highest BCUT2D eigenvalue weighted by Crippen LogP contribution is 2.05. The van der Waals surface area contributed by atoms with Gasteiger partial charge in [-0.2, -0.15) is 0 Å². The molecule has 3 nitrogen and oxygen atoms in total. The fraction of sp³-hybridized carbons (Fsp3) is 1.00. The molecule has 1 atom stereocenters. The van der Waals surface area contributed by atoms with Crippen molar-refractivity contribution in [1.82, 2.24) is 5.32 Å². The SMILES string of the molecule is CCOCCOC(CNC(C)C)C(C)C. The summed E-state index contributed by atoms with van der Waals surface area (Å²) < 4.78 is 11.0. The van der Waals surface area contributed by atoms with Crippen LogP contribution in [-0.4, -0.2) is 38.5 Å². The van der Waals surface area contributed by atoms with Gasteiger partial charge in [-0.1, -0.05) is 27.7 Å². The molecule has 0 saturated carbocycles. The van der Waals surface area contributed by atoms with E-state index in [1.807, 2.05) is 6.92 Å². The molecule has 0 aliphatic heterocycles. The fourth-order valence-electron chi connectivity index (χ4n) is 1.24. The van der Waals surface area contributed by atoms with Gasteiger partial charge < -0.3 is 14.8 Å². The second kappa shape index (κ2) is 9.13. The predicted octanol–water partition coefficient (Wildman–Crippen LogP) is 2.06. The Hall–Kier alpha value is -0.120. The van der Waals surface area contributed by atoms with Gasteiger partial charge in [-0.3, -0.25) is 0 Å². The summed E-state index contributed by atoms with van der Waals surface area (Å²) in [6.45, 7) is 13.7. The molecule has 3 heteroatoms. The molecule has 0 aromatic rings. The van der Waals surface area contributed by atoms with Gasteiger partial charge in [0.2, 0.25) is 0 Å². The minimum atomic E-state index is 0.285. The Balaban J connectivity index is 3.64. The maximum absolute atomic E-state index is 5.77. The number of hydrogen-bond acceptors (Lipinski definition) is 3. The summed E-state index contributed by atoms with van der Waals surface area (Å²) >= 11 is 0. The second-order valence-corrected chi connectivity index (χ2v) is 4.41. The van der Waals surface area contributed by atoms with Gasteiger partial charge in [-0.05, 0) is 12.8 Å². The van der Waals surface area contributed by atoms with Crippen LogP contribution in [0.15, 0.2) is 0 Å². The lowest BCUT2D eigenvalue weighted by atomic mass is 10.1. The van der Waals surface area contributed by atoms with E-state index in [9.17, 15) is 0 Å². The van der Waals surface area contributed by atoms with Gasteiger partial charge in [0.15, 0.2) is 0 Å². The average molecular weight is 217 g/mol. The standard InChI is InChI=1S/C12H27NO2/c1-6-14-7-8-15-12(10(2)3)9-13-11(4)5/h10-13H,6-9H2,1-5H3. The lowest BCUT2D eigenvalue weighted by Crippen LogP contribution is -2.37. The lowest BCUT2D eigenvalue weighted by Gasteiger charge is -2.23. The van der Waals surface area contributed by atoms with Crippen LogP contribution in [0.25, 0.3) is 0 Å². The van der Waals surface area contributed by atoms with Crippen molar-refractivity contribution in [3.8, 4) is 0 Å². The van der Waals surface area contributed by atoms with Crippen LogP contribution in [0.5, 0.6) is 0 Å². The largest absolute Gasteiger partial charge is 0.379 e. The van der Waals surface area contributed by atoms with Crippen LogP contribution < -0.4 is 5.32 Å². The monoisotopic (exact) mass is 217 g/mol. The number of nitrogens with one attached hydrogen (secondary N) is 1. The van der Waals surface area contributed by atoms with Crippen molar-refractivity contribution in [3.05, 3.63) is 0 Å². The zero-order valence-corrected chi connectivity index (χ0v) is 10.9. The van der Waals surface area contributed by atoms with Gasteiger partial charge in [0.25, 0.3) is 0 Å². The summed E-state index contributed by atoms with van der Waals surface area (Å²) in [6.07, 6.45) is 0.285. The Morgan fingerprint density at radius 3 is 2.20 bits per heavy atom. The molecule has 0 heterocycles. The predicted molar refractivity (Wildman–Crippen MR) is 64.2 cm³/mol. The highest BCUT2D eigenvalue weighted by Gasteiger charge is 2.13. The Morgan fingerprint density at radius 2 is 1.73 bits per heavy atom. The summed E-state index contributed by atoms with van der Waals surface area (Å²) in [4.78, 5) is 0. The van der Waals surface area contributed by atoms with E-state index in [0.717, 1.165) is 13.2 Å². The molecule has 0 aromatic carbocycles. The van der Waals surface area contributed by atoms with Gasteiger partial charge in [0.1, 0.15) is 0 Å². The van der Waals surface area contributed by atoms with Crippen LogP contribution in [0, 0.1) is 5.92 Å². The molecule has 1 N–H and O–H groups in total. The van der Waals surface area contributed by atoms with Gasteiger partial charge in [-0.15, -0.1) is 0 Å². The molecule has 0 spiro atoms. The van der Waals surface area contributed by atoms with E-state index in [4.69, 9.17) is 9.47 Å². The zero-order valence-electron chi connectivity index (χ0n) is 10.9. The number of rotatable bonds is 9. The van der Waals surface area contributed by atoms with E-state index in [1.165, 1.54) is 0 Å². The van der Waals surface area contributed by atoms with Gasteiger partial charge >= 0.3 is 0 Å². The van der Waals surface area contributed by atoms with Crippen molar-refractivity contribution >= 4 is 0 Å². The first-order chi connectivity index (χ1) is 7.07. The van der Waals surface area contributed by atoms with E-state index < -0.39 is 0 Å². The summed E-state index contributed by atoms with van der Waals surface area (Å²) in [5, 5.41) is 3.40. The molecule has 0 aromatic heterocycles. The normalized spacial score (nSPS) is 13.8. The van der Waals surface area contributed by atoms with Crippen molar-refractivity contribution < 1.29 is 9.47 Å². The smallest absolute Gasteiger partial charge is 0.0723 e.